The molecule has 0 aromatic heterocycles. The number of hydrogen-bond acceptors (Lipinski definition) is 6. The van der Waals surface area contributed by atoms with E-state index in [1.54, 1.807) is 12.1 Å². The first-order chi connectivity index (χ1) is 19.1. The van der Waals surface area contributed by atoms with Gasteiger partial charge in [-0.1, -0.05) is 22.2 Å². The molecule has 1 aliphatic rings. The van der Waals surface area contributed by atoms with E-state index in [9.17, 15) is 59.4 Å². The number of carbonyl (C=O) groups excluding carboxylic acids is 2. The van der Waals surface area contributed by atoms with Gasteiger partial charge in [0.1, 0.15) is 6.04 Å². The second-order valence-electron chi connectivity index (χ2n) is 8.94. The van der Waals surface area contributed by atoms with Crippen LogP contribution >= 0.6 is 0 Å². The summed E-state index contributed by atoms with van der Waals surface area (Å²) >= 11 is 0. The molecule has 10 nitrogen and oxygen atoms in total. The highest BCUT2D eigenvalue weighted by Crippen LogP contribution is 2.44. The van der Waals surface area contributed by atoms with Gasteiger partial charge in [0.2, 0.25) is 10.0 Å². The van der Waals surface area contributed by atoms with Crippen LogP contribution in [-0.4, -0.2) is 47.9 Å². The lowest BCUT2D eigenvalue weighted by molar-refractivity contribution is -0.169. The normalized spacial score (nSPS) is 17.0. The molecule has 2 aromatic carbocycles. The van der Waals surface area contributed by atoms with Crippen molar-refractivity contribution < 1.29 is 48.9 Å². The highest BCUT2D eigenvalue weighted by molar-refractivity contribution is 7.99. The molecule has 2 aromatic rings. The number of allylic oxidation sites excluding steroid dienone is 1. The average molecular weight is 636 g/mol. The Morgan fingerprint density at radius 3 is 2.19 bits per heavy atom. The summed E-state index contributed by atoms with van der Waals surface area (Å²) in [4.78, 5) is 25.3. The zero-order valence-electron chi connectivity index (χ0n) is 21.6. The Hall–Kier alpha value is -4.26. The van der Waals surface area contributed by atoms with E-state index < -0.39 is 77.7 Å². The third kappa shape index (κ3) is 6.15. The number of carbonyl (C=O) groups is 2. The van der Waals surface area contributed by atoms with Crippen LogP contribution in [0.15, 0.2) is 63.0 Å². The SMILES string of the molecule is CC1=C(C#N)[C@@H](c2ccc(C#N)cc2[SH](C)(O)=NC(=O)C(F)(F)F)N(S(C)(=O)=O)C(=O)N1c1cccc(C(F)(F)F)c1. The molecule has 3 rings (SSSR count). The molecule has 0 unspecified atom stereocenters. The van der Waals surface area contributed by atoms with E-state index in [1.165, 1.54) is 0 Å². The summed E-state index contributed by atoms with van der Waals surface area (Å²) in [6.07, 6.45) is -9.08. The molecule has 42 heavy (non-hydrogen) atoms. The van der Waals surface area contributed by atoms with Gasteiger partial charge in [-0.2, -0.15) is 41.2 Å². The minimum Gasteiger partial charge on any atom is -0.340 e. The lowest BCUT2D eigenvalue weighted by atomic mass is 9.94. The van der Waals surface area contributed by atoms with Crippen molar-refractivity contribution in [3.05, 3.63) is 70.4 Å². The molecule has 1 aliphatic heterocycles. The number of nitriles is 2. The Labute approximate surface area is 236 Å². The van der Waals surface area contributed by atoms with Gasteiger partial charge in [0, 0.05) is 10.6 Å². The first-order valence-corrected chi connectivity index (χ1v) is 15.2. The monoisotopic (exact) mass is 635 g/mol. The van der Waals surface area contributed by atoms with Gasteiger partial charge in [-0.3, -0.25) is 9.69 Å². The van der Waals surface area contributed by atoms with E-state index in [2.05, 4.69) is 4.36 Å². The Morgan fingerprint density at radius 1 is 1.07 bits per heavy atom. The molecule has 0 saturated heterocycles. The molecule has 0 spiro atoms. The number of thiol groups is 1. The van der Waals surface area contributed by atoms with Crippen molar-refractivity contribution in [2.45, 2.75) is 30.2 Å². The smallest absolute Gasteiger partial charge is 0.340 e. The Kier molecular flexibility index (Phi) is 8.34. The topological polar surface area (TPSA) is 155 Å². The molecule has 1 heterocycles. The second kappa shape index (κ2) is 10.9. The fourth-order valence-corrected chi connectivity index (χ4v) is 6.78. The highest BCUT2D eigenvalue weighted by atomic mass is 32.3. The van der Waals surface area contributed by atoms with Crippen molar-refractivity contribution in [2.75, 3.05) is 17.4 Å². The van der Waals surface area contributed by atoms with E-state index in [4.69, 9.17) is 0 Å². The van der Waals surface area contributed by atoms with E-state index in [0.29, 0.717) is 23.3 Å². The van der Waals surface area contributed by atoms with Gasteiger partial charge in [-0.15, -0.1) is 0 Å². The number of urea groups is 1. The van der Waals surface area contributed by atoms with Crippen LogP contribution in [0.3, 0.4) is 0 Å². The summed E-state index contributed by atoms with van der Waals surface area (Å²) in [5.41, 5.74) is -3.30. The fraction of sp³-hybridized carbons (Fsp3) is 0.250. The molecular formula is C24H19F6N5O5S2. The van der Waals surface area contributed by atoms with Gasteiger partial charge in [-0.05, 0) is 49.1 Å². The van der Waals surface area contributed by atoms with Gasteiger partial charge in [-0.25, -0.2) is 17.5 Å². The number of amides is 3. The first kappa shape index (κ1) is 32.3. The van der Waals surface area contributed by atoms with Gasteiger partial charge < -0.3 is 4.55 Å². The molecule has 0 radical (unpaired) electrons. The summed E-state index contributed by atoms with van der Waals surface area (Å²) in [6, 6.07) is 6.01. The summed E-state index contributed by atoms with van der Waals surface area (Å²) < 4.78 is 119. The summed E-state index contributed by atoms with van der Waals surface area (Å²) in [5, 5.41) is 19.4. The van der Waals surface area contributed by atoms with Crippen LogP contribution in [0.2, 0.25) is 0 Å². The number of alkyl halides is 6. The Balaban J connectivity index is 2.43. The number of halogens is 6. The predicted molar refractivity (Wildman–Crippen MR) is 137 cm³/mol. The van der Waals surface area contributed by atoms with E-state index in [0.717, 1.165) is 43.5 Å². The Bertz CT molecular complexity index is 1770. The van der Waals surface area contributed by atoms with Crippen LogP contribution < -0.4 is 4.90 Å². The van der Waals surface area contributed by atoms with Crippen molar-refractivity contribution in [1.82, 2.24) is 4.31 Å². The van der Waals surface area contributed by atoms with Crippen LogP contribution in [0.25, 0.3) is 0 Å². The number of rotatable bonds is 4. The molecule has 0 bridgehead atoms. The summed E-state index contributed by atoms with van der Waals surface area (Å²) in [7, 11) is -9.26. The zero-order chi connectivity index (χ0) is 32.0. The third-order valence-electron chi connectivity index (χ3n) is 5.96. The number of anilines is 1. The first-order valence-electron chi connectivity index (χ1n) is 11.2. The standard InChI is InChI=1S/C24H19F6N5O5S2/c1-13-18(12-32)20(17-8-7-14(11-31)9-19(17)41(2,38)33-21(36)24(28,29)30)35(42(3,39)40)22(37)34(13)16-6-4-5-15(10-16)23(25,26)27/h4-10,20,41H,1-3H3,(H,33,36,38)/t20-/m1/s1. The molecule has 3 amide bonds. The van der Waals surface area contributed by atoms with Crippen LogP contribution in [0.4, 0.5) is 36.8 Å². The van der Waals surface area contributed by atoms with Crippen molar-refractivity contribution in [3.8, 4) is 12.1 Å². The minimum absolute atomic E-state index is 0.106. The van der Waals surface area contributed by atoms with Crippen molar-refractivity contribution in [1.29, 1.82) is 10.5 Å². The molecule has 0 aliphatic carbocycles. The van der Waals surface area contributed by atoms with Gasteiger partial charge in [0.25, 0.3) is 0 Å². The van der Waals surface area contributed by atoms with Crippen molar-refractivity contribution >= 4 is 37.8 Å². The number of benzene rings is 2. The average Bonchev–Trinajstić information content (AvgIpc) is 2.86. The maximum atomic E-state index is 13.7. The second-order valence-corrected chi connectivity index (χ2v) is 13.3. The van der Waals surface area contributed by atoms with E-state index >= 15 is 0 Å². The van der Waals surface area contributed by atoms with E-state index in [1.807, 2.05) is 0 Å². The minimum atomic E-state index is -5.50. The number of hydrogen-bond donors (Lipinski definition) is 2. The highest BCUT2D eigenvalue weighted by Gasteiger charge is 2.47. The third-order valence-corrected chi connectivity index (χ3v) is 8.91. The maximum absolute atomic E-state index is 13.7. The van der Waals surface area contributed by atoms with Crippen molar-refractivity contribution in [3.63, 3.8) is 0 Å². The summed E-state index contributed by atoms with van der Waals surface area (Å²) in [6.45, 7) is 1.12. The molecule has 0 saturated carbocycles. The van der Waals surface area contributed by atoms with Gasteiger partial charge in [0.05, 0.1) is 40.8 Å². The molecule has 0 fully saturated rings. The number of nitrogens with zero attached hydrogens (tertiary/aromatic N) is 5. The van der Waals surface area contributed by atoms with Crippen LogP contribution in [0, 0.1) is 22.7 Å². The lowest BCUT2D eigenvalue weighted by Gasteiger charge is -2.41. The van der Waals surface area contributed by atoms with E-state index in [-0.39, 0.29) is 15.6 Å². The fourth-order valence-electron chi connectivity index (χ4n) is 4.17. The predicted octanol–water partition coefficient (Wildman–Crippen LogP) is 4.94. The zero-order valence-corrected chi connectivity index (χ0v) is 23.3. The Morgan fingerprint density at radius 2 is 1.69 bits per heavy atom. The largest absolute Gasteiger partial charge is 0.474 e. The van der Waals surface area contributed by atoms with Gasteiger partial charge in [0.15, 0.2) is 0 Å². The maximum Gasteiger partial charge on any atom is 0.474 e. The quantitative estimate of drug-likeness (QED) is 0.356. The van der Waals surface area contributed by atoms with Crippen LogP contribution in [0.1, 0.15) is 29.7 Å². The molecule has 18 heteroatoms. The molecule has 1 N–H and O–H groups in total. The van der Waals surface area contributed by atoms with Crippen molar-refractivity contribution in [2.24, 2.45) is 4.36 Å². The van der Waals surface area contributed by atoms with Crippen LogP contribution in [0.5, 0.6) is 0 Å². The molecule has 224 valence electrons. The van der Waals surface area contributed by atoms with Gasteiger partial charge >= 0.3 is 24.3 Å². The molecule has 1 atom stereocenters. The number of sulfonamides is 1. The van der Waals surface area contributed by atoms with Crippen LogP contribution in [-0.2, 0) is 31.1 Å². The summed E-state index contributed by atoms with van der Waals surface area (Å²) in [5.74, 6) is -2.68. The lowest BCUT2D eigenvalue weighted by Crippen LogP contribution is -2.52. The molecular weight excluding hydrogens is 616 g/mol.